The molecule has 0 spiro atoms. The maximum absolute atomic E-state index is 11.8. The minimum Gasteiger partial charge on any atom is -0.497 e. The zero-order valence-corrected chi connectivity index (χ0v) is 11.9. The average Bonchev–Trinajstić information content (AvgIpc) is 2.27. The van der Waals surface area contributed by atoms with Gasteiger partial charge >= 0.3 is 0 Å². The molecule has 0 aliphatic rings. The van der Waals surface area contributed by atoms with Crippen LogP contribution in [0.15, 0.2) is 24.3 Å². The van der Waals surface area contributed by atoms with Crippen LogP contribution >= 0.6 is 0 Å². The van der Waals surface area contributed by atoms with Crippen molar-refractivity contribution >= 4 is 5.91 Å². The van der Waals surface area contributed by atoms with Crippen molar-refractivity contribution in [2.24, 2.45) is 5.92 Å². The summed E-state index contributed by atoms with van der Waals surface area (Å²) in [5.41, 5.74) is 0.707. The average molecular weight is 249 g/mol. The first-order chi connectivity index (χ1) is 8.35. The molecule has 0 radical (unpaired) electrons. The van der Waals surface area contributed by atoms with Gasteiger partial charge in [-0.1, -0.05) is 26.0 Å². The fraction of sp³-hybridized carbons (Fsp3) is 0.533. The van der Waals surface area contributed by atoms with Crippen molar-refractivity contribution in [2.45, 2.75) is 39.7 Å². The highest BCUT2D eigenvalue weighted by Gasteiger charge is 2.22. The van der Waals surface area contributed by atoms with Crippen LogP contribution in [0.25, 0.3) is 0 Å². The lowest BCUT2D eigenvalue weighted by atomic mass is 9.93. The van der Waals surface area contributed by atoms with Crippen molar-refractivity contribution in [3.05, 3.63) is 29.8 Å². The van der Waals surface area contributed by atoms with Crippen LogP contribution in [-0.4, -0.2) is 13.0 Å². The molecule has 1 aromatic rings. The number of hydrogen-bond acceptors (Lipinski definition) is 2. The highest BCUT2D eigenvalue weighted by atomic mass is 16.5. The fourth-order valence-corrected chi connectivity index (χ4v) is 1.85. The van der Waals surface area contributed by atoms with Crippen molar-refractivity contribution in [2.75, 3.05) is 7.11 Å². The molecule has 3 heteroatoms. The summed E-state index contributed by atoms with van der Waals surface area (Å²) in [5.74, 6) is 1.28. The Balaban J connectivity index is 2.75. The third-order valence-electron chi connectivity index (χ3n) is 2.86. The monoisotopic (exact) mass is 249 g/mol. The van der Waals surface area contributed by atoms with E-state index in [1.165, 1.54) is 0 Å². The minimum atomic E-state index is -0.363. The molecule has 0 aliphatic carbocycles. The first-order valence-electron chi connectivity index (χ1n) is 6.30. The first kappa shape index (κ1) is 14.6. The maximum atomic E-state index is 11.8. The number of carbonyl (C=O) groups excluding carboxylic acids is 1. The summed E-state index contributed by atoms with van der Waals surface area (Å²) in [7, 11) is 1.64. The van der Waals surface area contributed by atoms with Gasteiger partial charge < -0.3 is 10.1 Å². The Bertz CT molecular complexity index is 393. The summed E-state index contributed by atoms with van der Waals surface area (Å²) < 4.78 is 5.13. The van der Waals surface area contributed by atoms with Crippen LogP contribution in [0.5, 0.6) is 5.75 Å². The van der Waals surface area contributed by atoms with Gasteiger partial charge in [-0.2, -0.15) is 0 Å². The highest BCUT2D eigenvalue weighted by molar-refractivity contribution is 5.77. The van der Waals surface area contributed by atoms with Gasteiger partial charge in [0, 0.05) is 6.42 Å². The Kier molecular flexibility index (Phi) is 4.76. The van der Waals surface area contributed by atoms with E-state index in [2.05, 4.69) is 5.32 Å². The lowest BCUT2D eigenvalue weighted by Gasteiger charge is -2.27. The second-order valence-electron chi connectivity index (χ2n) is 5.50. The number of ether oxygens (including phenoxy) is 1. The van der Waals surface area contributed by atoms with E-state index in [9.17, 15) is 4.79 Å². The third kappa shape index (κ3) is 4.06. The molecule has 1 aromatic carbocycles. The molecule has 0 saturated carbocycles. The van der Waals surface area contributed by atoms with Gasteiger partial charge in [-0.25, -0.2) is 0 Å². The first-order valence-corrected chi connectivity index (χ1v) is 6.30. The third-order valence-corrected chi connectivity index (χ3v) is 2.86. The van der Waals surface area contributed by atoms with Gasteiger partial charge in [0.1, 0.15) is 5.75 Å². The van der Waals surface area contributed by atoms with E-state index in [0.29, 0.717) is 12.3 Å². The van der Waals surface area contributed by atoms with Gasteiger partial charge in [0.2, 0.25) is 5.91 Å². The van der Waals surface area contributed by atoms with Gasteiger partial charge in [-0.05, 0) is 37.5 Å². The Hall–Kier alpha value is -1.51. The van der Waals surface area contributed by atoms with E-state index in [1.54, 1.807) is 7.11 Å². The Morgan fingerprint density at radius 3 is 2.28 bits per heavy atom. The molecular weight excluding hydrogens is 226 g/mol. The van der Waals surface area contributed by atoms with Crippen LogP contribution < -0.4 is 10.1 Å². The minimum absolute atomic E-state index is 0.0887. The Morgan fingerprint density at radius 2 is 1.83 bits per heavy atom. The molecule has 0 aliphatic heterocycles. The smallest absolute Gasteiger partial charge is 0.220 e. The summed E-state index contributed by atoms with van der Waals surface area (Å²) in [6.07, 6.45) is 0.555. The van der Waals surface area contributed by atoms with Gasteiger partial charge in [-0.15, -0.1) is 0 Å². The zero-order valence-electron chi connectivity index (χ0n) is 11.9. The molecule has 1 amide bonds. The number of amides is 1. The quantitative estimate of drug-likeness (QED) is 0.870. The van der Waals surface area contributed by atoms with E-state index in [4.69, 9.17) is 4.74 Å². The van der Waals surface area contributed by atoms with E-state index in [1.807, 2.05) is 52.0 Å². The summed E-state index contributed by atoms with van der Waals surface area (Å²) in [4.78, 5) is 11.8. The molecule has 18 heavy (non-hydrogen) atoms. The SMILES string of the molecule is COc1ccc(C(C)(C)NC(=O)CC(C)C)cc1. The fourth-order valence-electron chi connectivity index (χ4n) is 1.85. The van der Waals surface area contributed by atoms with E-state index >= 15 is 0 Å². The van der Waals surface area contributed by atoms with Crippen molar-refractivity contribution < 1.29 is 9.53 Å². The Morgan fingerprint density at radius 1 is 1.28 bits per heavy atom. The number of benzene rings is 1. The van der Waals surface area contributed by atoms with Crippen molar-refractivity contribution in [3.63, 3.8) is 0 Å². The summed E-state index contributed by atoms with van der Waals surface area (Å²) in [6.45, 7) is 8.10. The van der Waals surface area contributed by atoms with Crippen molar-refractivity contribution in [1.29, 1.82) is 0 Å². The lowest BCUT2D eigenvalue weighted by Crippen LogP contribution is -2.41. The number of methoxy groups -OCH3 is 1. The molecule has 0 saturated heterocycles. The van der Waals surface area contributed by atoms with E-state index < -0.39 is 0 Å². The van der Waals surface area contributed by atoms with E-state index in [-0.39, 0.29) is 11.4 Å². The predicted molar refractivity (Wildman–Crippen MR) is 73.6 cm³/mol. The molecular formula is C15H23NO2. The molecule has 0 bridgehead atoms. The van der Waals surface area contributed by atoms with Gasteiger partial charge in [-0.3, -0.25) is 4.79 Å². The van der Waals surface area contributed by atoms with Crippen LogP contribution in [0.4, 0.5) is 0 Å². The number of rotatable bonds is 5. The normalized spacial score (nSPS) is 11.4. The molecule has 3 nitrogen and oxygen atoms in total. The standard InChI is InChI=1S/C15H23NO2/c1-11(2)10-14(17)16-15(3,4)12-6-8-13(18-5)9-7-12/h6-9,11H,10H2,1-5H3,(H,16,17). The second-order valence-corrected chi connectivity index (χ2v) is 5.50. The van der Waals surface area contributed by atoms with Gasteiger partial charge in [0.05, 0.1) is 12.6 Å². The molecule has 0 aromatic heterocycles. The largest absolute Gasteiger partial charge is 0.497 e. The lowest BCUT2D eigenvalue weighted by molar-refractivity contribution is -0.123. The van der Waals surface area contributed by atoms with Gasteiger partial charge in [0.25, 0.3) is 0 Å². The second kappa shape index (κ2) is 5.89. The van der Waals surface area contributed by atoms with Crippen LogP contribution in [-0.2, 0) is 10.3 Å². The van der Waals surface area contributed by atoms with Crippen molar-refractivity contribution in [1.82, 2.24) is 5.32 Å². The summed E-state index contributed by atoms with van der Waals surface area (Å²) >= 11 is 0. The molecule has 100 valence electrons. The summed E-state index contributed by atoms with van der Waals surface area (Å²) in [6, 6.07) is 7.78. The predicted octanol–water partition coefficient (Wildman–Crippen LogP) is 3.09. The van der Waals surface area contributed by atoms with Gasteiger partial charge in [0.15, 0.2) is 0 Å². The number of nitrogens with one attached hydrogen (secondary N) is 1. The van der Waals surface area contributed by atoms with Crippen LogP contribution in [0.1, 0.15) is 39.7 Å². The zero-order chi connectivity index (χ0) is 13.8. The Labute approximate surface area is 110 Å². The highest BCUT2D eigenvalue weighted by Crippen LogP contribution is 2.23. The molecule has 0 heterocycles. The maximum Gasteiger partial charge on any atom is 0.220 e. The van der Waals surface area contributed by atoms with Crippen LogP contribution in [0.3, 0.4) is 0 Å². The molecule has 0 unspecified atom stereocenters. The van der Waals surface area contributed by atoms with Crippen molar-refractivity contribution in [3.8, 4) is 5.75 Å². The summed E-state index contributed by atoms with van der Waals surface area (Å²) in [5, 5.41) is 3.06. The van der Waals surface area contributed by atoms with E-state index in [0.717, 1.165) is 11.3 Å². The molecule has 1 rings (SSSR count). The molecule has 1 N–H and O–H groups in total. The van der Waals surface area contributed by atoms with Crippen LogP contribution in [0, 0.1) is 5.92 Å². The molecule has 0 atom stereocenters. The number of carbonyl (C=O) groups is 1. The number of hydrogen-bond donors (Lipinski definition) is 1. The van der Waals surface area contributed by atoms with Crippen LogP contribution in [0.2, 0.25) is 0 Å². The topological polar surface area (TPSA) is 38.3 Å². The molecule has 0 fully saturated rings.